The molecule has 1 aliphatic rings. The summed E-state index contributed by atoms with van der Waals surface area (Å²) in [7, 11) is 0. The summed E-state index contributed by atoms with van der Waals surface area (Å²) in [6.07, 6.45) is 6.87. The molecule has 0 saturated carbocycles. The molecule has 6 heteroatoms. The highest BCUT2D eigenvalue weighted by atomic mass is 16.1. The molecular weight excluding hydrogens is 206 g/mol. The minimum atomic E-state index is -0.150. The van der Waals surface area contributed by atoms with Crippen molar-refractivity contribution < 1.29 is 0 Å². The Balaban J connectivity index is 1.95. The lowest BCUT2D eigenvalue weighted by Gasteiger charge is -2.27. The van der Waals surface area contributed by atoms with E-state index in [0.717, 1.165) is 18.9 Å². The lowest BCUT2D eigenvalue weighted by atomic mass is 10.3. The van der Waals surface area contributed by atoms with E-state index in [0.29, 0.717) is 12.4 Å². The van der Waals surface area contributed by atoms with Crippen LogP contribution in [0, 0.1) is 0 Å². The number of aromatic nitrogens is 4. The van der Waals surface area contributed by atoms with Gasteiger partial charge in [-0.1, -0.05) is 0 Å². The second kappa shape index (κ2) is 3.48. The van der Waals surface area contributed by atoms with Gasteiger partial charge in [-0.3, -0.25) is 4.79 Å². The molecule has 0 amide bonds. The summed E-state index contributed by atoms with van der Waals surface area (Å²) in [5.41, 5.74) is -0.150. The molecule has 0 spiro atoms. The van der Waals surface area contributed by atoms with Crippen molar-refractivity contribution in [1.82, 2.24) is 19.5 Å². The Kier molecular flexibility index (Phi) is 1.99. The van der Waals surface area contributed by atoms with Crippen molar-refractivity contribution in [2.45, 2.75) is 13.1 Å². The van der Waals surface area contributed by atoms with Crippen molar-refractivity contribution in [3.63, 3.8) is 0 Å². The molecule has 82 valence electrons. The number of aromatic amines is 1. The molecule has 2 aromatic rings. The van der Waals surface area contributed by atoms with E-state index in [1.54, 1.807) is 12.4 Å². The van der Waals surface area contributed by atoms with Gasteiger partial charge in [0, 0.05) is 37.9 Å². The Hall–Kier alpha value is -2.11. The van der Waals surface area contributed by atoms with Gasteiger partial charge in [-0.05, 0) is 0 Å². The van der Waals surface area contributed by atoms with E-state index in [1.807, 2.05) is 11.1 Å². The molecule has 0 aromatic carbocycles. The Morgan fingerprint density at radius 1 is 1.25 bits per heavy atom. The molecule has 0 bridgehead atoms. The zero-order valence-corrected chi connectivity index (χ0v) is 8.63. The van der Waals surface area contributed by atoms with Crippen LogP contribution in [0.4, 0.5) is 5.82 Å². The molecule has 3 rings (SSSR count). The summed E-state index contributed by atoms with van der Waals surface area (Å²) in [4.78, 5) is 24.5. The molecule has 0 fully saturated rings. The zero-order chi connectivity index (χ0) is 11.0. The largest absolute Gasteiger partial charge is 0.343 e. The number of imidazole rings is 1. The number of hydrogen-bond acceptors (Lipinski definition) is 4. The topological polar surface area (TPSA) is 66.8 Å². The number of fused-ring (bicyclic) bond motifs is 1. The number of hydrogen-bond donors (Lipinski definition) is 1. The Labute approximate surface area is 91.6 Å². The minimum Gasteiger partial charge on any atom is -0.343 e. The van der Waals surface area contributed by atoms with E-state index >= 15 is 0 Å². The first-order valence-corrected chi connectivity index (χ1v) is 5.13. The molecule has 0 radical (unpaired) electrons. The van der Waals surface area contributed by atoms with Gasteiger partial charge in [0.2, 0.25) is 0 Å². The Bertz CT molecular complexity index is 558. The predicted molar refractivity (Wildman–Crippen MR) is 58.1 cm³/mol. The quantitative estimate of drug-likeness (QED) is 0.729. The average Bonchev–Trinajstić information content (AvgIpc) is 2.76. The van der Waals surface area contributed by atoms with Crippen LogP contribution in [0.15, 0.2) is 29.6 Å². The fourth-order valence-corrected chi connectivity index (χ4v) is 1.92. The van der Waals surface area contributed by atoms with Crippen molar-refractivity contribution >= 4 is 5.82 Å². The van der Waals surface area contributed by atoms with Crippen molar-refractivity contribution in [2.75, 3.05) is 11.4 Å². The highest BCUT2D eigenvalue weighted by Gasteiger charge is 2.19. The summed E-state index contributed by atoms with van der Waals surface area (Å²) < 4.78 is 2.09. The number of nitrogens with one attached hydrogen (secondary N) is 1. The van der Waals surface area contributed by atoms with Gasteiger partial charge in [-0.2, -0.15) is 0 Å². The monoisotopic (exact) mass is 217 g/mol. The van der Waals surface area contributed by atoms with Crippen LogP contribution in [-0.2, 0) is 13.1 Å². The standard InChI is InChI=1S/C10H11N5O/c16-10-9(12-1-2-13-10)15-6-5-14-4-3-11-8(14)7-15/h1-4H,5-7H2,(H,13,16). The second-order valence-corrected chi connectivity index (χ2v) is 3.70. The van der Waals surface area contributed by atoms with Crippen molar-refractivity contribution in [2.24, 2.45) is 0 Å². The van der Waals surface area contributed by atoms with Gasteiger partial charge >= 0.3 is 0 Å². The molecule has 16 heavy (non-hydrogen) atoms. The van der Waals surface area contributed by atoms with Gasteiger partial charge in [0.1, 0.15) is 5.82 Å². The predicted octanol–water partition coefficient (Wildman–Crippen LogP) is -0.0134. The van der Waals surface area contributed by atoms with Crippen LogP contribution in [0.1, 0.15) is 5.82 Å². The SMILES string of the molecule is O=c1[nH]ccnc1N1CCn2ccnc2C1. The summed E-state index contributed by atoms with van der Waals surface area (Å²) >= 11 is 0. The van der Waals surface area contributed by atoms with Gasteiger partial charge in [0.25, 0.3) is 5.56 Å². The molecule has 2 aromatic heterocycles. The second-order valence-electron chi connectivity index (χ2n) is 3.70. The third-order valence-electron chi connectivity index (χ3n) is 2.73. The van der Waals surface area contributed by atoms with Crippen LogP contribution in [0.2, 0.25) is 0 Å². The van der Waals surface area contributed by atoms with Crippen molar-refractivity contribution in [3.8, 4) is 0 Å². The minimum absolute atomic E-state index is 0.150. The Morgan fingerprint density at radius 2 is 2.19 bits per heavy atom. The molecule has 0 atom stereocenters. The number of rotatable bonds is 1. The highest BCUT2D eigenvalue weighted by molar-refractivity contribution is 5.36. The van der Waals surface area contributed by atoms with Gasteiger partial charge in [0.05, 0.1) is 6.54 Å². The first kappa shape index (κ1) is 9.14. The van der Waals surface area contributed by atoms with Crippen LogP contribution < -0.4 is 10.5 Å². The molecule has 1 aliphatic heterocycles. The summed E-state index contributed by atoms with van der Waals surface area (Å²) in [6.45, 7) is 2.25. The molecule has 1 N–H and O–H groups in total. The van der Waals surface area contributed by atoms with Crippen molar-refractivity contribution in [1.29, 1.82) is 0 Å². The highest BCUT2D eigenvalue weighted by Crippen LogP contribution is 2.13. The number of H-pyrrole nitrogens is 1. The van der Waals surface area contributed by atoms with Crippen LogP contribution in [0.25, 0.3) is 0 Å². The van der Waals surface area contributed by atoms with E-state index < -0.39 is 0 Å². The molecule has 0 aliphatic carbocycles. The van der Waals surface area contributed by atoms with E-state index in [1.165, 1.54) is 6.20 Å². The first-order chi connectivity index (χ1) is 7.84. The van der Waals surface area contributed by atoms with E-state index in [9.17, 15) is 4.79 Å². The summed E-state index contributed by atoms with van der Waals surface area (Å²) in [6, 6.07) is 0. The smallest absolute Gasteiger partial charge is 0.290 e. The van der Waals surface area contributed by atoms with Crippen LogP contribution in [0.5, 0.6) is 0 Å². The summed E-state index contributed by atoms with van der Waals surface area (Å²) in [5.74, 6) is 1.44. The van der Waals surface area contributed by atoms with Crippen LogP contribution in [-0.4, -0.2) is 26.1 Å². The van der Waals surface area contributed by atoms with Crippen molar-refractivity contribution in [3.05, 3.63) is 41.0 Å². The normalized spacial score (nSPS) is 14.9. The van der Waals surface area contributed by atoms with Gasteiger partial charge < -0.3 is 14.5 Å². The van der Waals surface area contributed by atoms with E-state index in [4.69, 9.17) is 0 Å². The van der Waals surface area contributed by atoms with Crippen LogP contribution >= 0.6 is 0 Å². The average molecular weight is 217 g/mol. The maximum absolute atomic E-state index is 11.6. The molecule has 3 heterocycles. The maximum atomic E-state index is 11.6. The fourth-order valence-electron chi connectivity index (χ4n) is 1.92. The zero-order valence-electron chi connectivity index (χ0n) is 8.63. The Morgan fingerprint density at radius 3 is 3.06 bits per heavy atom. The van der Waals surface area contributed by atoms with E-state index in [-0.39, 0.29) is 5.56 Å². The third kappa shape index (κ3) is 1.39. The number of nitrogens with zero attached hydrogens (tertiary/aromatic N) is 4. The molecule has 6 nitrogen and oxygen atoms in total. The maximum Gasteiger partial charge on any atom is 0.290 e. The van der Waals surface area contributed by atoms with E-state index in [2.05, 4.69) is 19.5 Å². The van der Waals surface area contributed by atoms with Crippen LogP contribution in [0.3, 0.4) is 0 Å². The molecular formula is C10H11N5O. The lowest BCUT2D eigenvalue weighted by Crippen LogP contribution is -2.37. The summed E-state index contributed by atoms with van der Waals surface area (Å²) in [5, 5.41) is 0. The molecule has 0 unspecified atom stereocenters. The number of anilines is 1. The molecule has 0 saturated heterocycles. The lowest BCUT2D eigenvalue weighted by molar-refractivity contribution is 0.554. The van der Waals surface area contributed by atoms with Gasteiger partial charge in [-0.25, -0.2) is 9.97 Å². The van der Waals surface area contributed by atoms with Gasteiger partial charge in [-0.15, -0.1) is 0 Å². The van der Waals surface area contributed by atoms with Gasteiger partial charge in [0.15, 0.2) is 5.82 Å². The third-order valence-corrected chi connectivity index (χ3v) is 2.73. The fraction of sp³-hybridized carbons (Fsp3) is 0.300. The first-order valence-electron chi connectivity index (χ1n) is 5.13.